The first-order chi connectivity index (χ1) is 10.1. The summed E-state index contributed by atoms with van der Waals surface area (Å²) in [5, 5.41) is 14.1. The van der Waals surface area contributed by atoms with Crippen LogP contribution >= 0.6 is 15.9 Å². The fraction of sp³-hybridized carbons (Fsp3) is 0.214. The third-order valence-corrected chi connectivity index (χ3v) is 3.73. The van der Waals surface area contributed by atoms with E-state index in [9.17, 15) is 0 Å². The molecule has 21 heavy (non-hydrogen) atoms. The molecule has 0 atom stereocenters. The molecule has 0 saturated carbocycles. The second kappa shape index (κ2) is 5.33. The lowest BCUT2D eigenvalue weighted by Crippen LogP contribution is -2.03. The van der Waals surface area contributed by atoms with Gasteiger partial charge in [0.15, 0.2) is 5.65 Å². The fourth-order valence-corrected chi connectivity index (χ4v) is 2.95. The Morgan fingerprint density at radius 1 is 1.14 bits per heavy atom. The lowest BCUT2D eigenvalue weighted by Gasteiger charge is -2.14. The Hall–Kier alpha value is -2.15. The van der Waals surface area contributed by atoms with Gasteiger partial charge in [-0.25, -0.2) is 0 Å². The van der Waals surface area contributed by atoms with Gasteiger partial charge in [0.1, 0.15) is 5.82 Å². The Labute approximate surface area is 130 Å². The second-order valence-corrected chi connectivity index (χ2v) is 5.73. The van der Waals surface area contributed by atoms with Crippen LogP contribution in [0.5, 0.6) is 0 Å². The molecule has 3 aromatic rings. The summed E-state index contributed by atoms with van der Waals surface area (Å²) in [6.45, 7) is 4.12. The monoisotopic (exact) mass is 346 g/mol. The molecule has 0 bridgehead atoms. The number of hydrogen-bond acceptors (Lipinski definition) is 5. The van der Waals surface area contributed by atoms with Crippen molar-refractivity contribution in [1.82, 2.24) is 20.2 Å². The van der Waals surface area contributed by atoms with Gasteiger partial charge in [-0.2, -0.15) is 15.1 Å². The fourth-order valence-electron chi connectivity index (χ4n) is 2.27. The third kappa shape index (κ3) is 2.56. The van der Waals surface area contributed by atoms with E-state index in [-0.39, 0.29) is 0 Å². The number of aromatic nitrogens is 4. The van der Waals surface area contributed by atoms with Crippen molar-refractivity contribution in [3.8, 4) is 0 Å². The number of halogens is 1. The average Bonchev–Trinajstić information content (AvgIpc) is 2.90. The summed E-state index contributed by atoms with van der Waals surface area (Å²) in [4.78, 5) is 8.81. The van der Waals surface area contributed by atoms with Gasteiger partial charge in [-0.15, -0.1) is 0 Å². The molecule has 0 unspecified atom stereocenters. The highest BCUT2D eigenvalue weighted by molar-refractivity contribution is 9.10. The van der Waals surface area contributed by atoms with E-state index in [0.29, 0.717) is 11.6 Å². The molecule has 0 aliphatic heterocycles. The predicted molar refractivity (Wildman–Crippen MR) is 88.1 cm³/mol. The van der Waals surface area contributed by atoms with Gasteiger partial charge >= 0.3 is 0 Å². The first-order valence-corrected chi connectivity index (χ1v) is 7.30. The number of fused-ring (bicyclic) bond motifs is 1. The first kappa shape index (κ1) is 13.8. The molecule has 3 N–H and O–H groups in total. The van der Waals surface area contributed by atoms with E-state index in [4.69, 9.17) is 0 Å². The molecule has 0 aliphatic carbocycles. The standard InChI is InChI=1S/C14H15BrN6/c1-7-4-9(15)5-8(2)11(7)18-12-10-6-17-21-13(10)20-14(16-3)19-12/h4-6H,1-3H3,(H3,16,17,18,19,20,21). The van der Waals surface area contributed by atoms with E-state index in [1.54, 1.807) is 13.2 Å². The van der Waals surface area contributed by atoms with Crippen LogP contribution in [0.1, 0.15) is 11.1 Å². The van der Waals surface area contributed by atoms with E-state index >= 15 is 0 Å². The average molecular weight is 347 g/mol. The van der Waals surface area contributed by atoms with Crippen molar-refractivity contribution in [3.05, 3.63) is 33.9 Å². The van der Waals surface area contributed by atoms with Gasteiger partial charge in [0.05, 0.1) is 11.6 Å². The summed E-state index contributed by atoms with van der Waals surface area (Å²) in [6, 6.07) is 4.14. The molecule has 6 nitrogen and oxygen atoms in total. The van der Waals surface area contributed by atoms with Crippen LogP contribution in [0.3, 0.4) is 0 Å². The number of benzene rings is 1. The minimum Gasteiger partial charge on any atom is -0.357 e. The molecule has 1 aromatic carbocycles. The van der Waals surface area contributed by atoms with Crippen LogP contribution in [0.25, 0.3) is 11.0 Å². The molecule has 108 valence electrons. The van der Waals surface area contributed by atoms with Crippen molar-refractivity contribution < 1.29 is 0 Å². The summed E-state index contributed by atoms with van der Waals surface area (Å²) in [5.74, 6) is 1.27. The number of rotatable bonds is 3. The third-order valence-electron chi connectivity index (χ3n) is 3.27. The maximum absolute atomic E-state index is 4.49. The Kier molecular flexibility index (Phi) is 3.50. The van der Waals surface area contributed by atoms with Crippen molar-refractivity contribution in [1.29, 1.82) is 0 Å². The highest BCUT2D eigenvalue weighted by Gasteiger charge is 2.12. The molecule has 0 radical (unpaired) electrons. The lowest BCUT2D eigenvalue weighted by molar-refractivity contribution is 1.09. The molecule has 2 heterocycles. The quantitative estimate of drug-likeness (QED) is 0.676. The van der Waals surface area contributed by atoms with Gasteiger partial charge in [-0.1, -0.05) is 15.9 Å². The molecule has 3 rings (SSSR count). The molecule has 0 saturated heterocycles. The van der Waals surface area contributed by atoms with E-state index in [1.165, 1.54) is 0 Å². The molecule has 0 spiro atoms. The smallest absolute Gasteiger partial charge is 0.226 e. The largest absolute Gasteiger partial charge is 0.357 e. The van der Waals surface area contributed by atoms with E-state index < -0.39 is 0 Å². The molecule has 0 amide bonds. The van der Waals surface area contributed by atoms with Gasteiger partial charge in [0.2, 0.25) is 5.95 Å². The Bertz CT molecular complexity index is 787. The summed E-state index contributed by atoms with van der Waals surface area (Å²) >= 11 is 3.51. The zero-order chi connectivity index (χ0) is 15.0. The van der Waals surface area contributed by atoms with Gasteiger partial charge < -0.3 is 10.6 Å². The zero-order valence-corrected chi connectivity index (χ0v) is 13.5. The first-order valence-electron chi connectivity index (χ1n) is 6.51. The topological polar surface area (TPSA) is 78.5 Å². The van der Waals surface area contributed by atoms with E-state index in [1.807, 2.05) is 0 Å². The molecule has 7 heteroatoms. The Balaban J connectivity index is 2.11. The van der Waals surface area contributed by atoms with Crippen LogP contribution in [0.4, 0.5) is 17.5 Å². The zero-order valence-electron chi connectivity index (χ0n) is 12.0. The SMILES string of the molecule is CNc1nc(Nc2c(C)cc(Br)cc2C)c2cn[nH]c2n1. The predicted octanol–water partition coefficient (Wildman–Crippen LogP) is 3.52. The molecule has 0 aliphatic rings. The number of H-pyrrole nitrogens is 1. The van der Waals surface area contributed by atoms with E-state index in [0.717, 1.165) is 32.5 Å². The number of aromatic amines is 1. The van der Waals surface area contributed by atoms with Gasteiger partial charge in [-0.05, 0) is 37.1 Å². The number of hydrogen-bond donors (Lipinski definition) is 3. The lowest BCUT2D eigenvalue weighted by atomic mass is 10.1. The second-order valence-electron chi connectivity index (χ2n) is 4.82. The number of anilines is 3. The maximum Gasteiger partial charge on any atom is 0.226 e. The summed E-state index contributed by atoms with van der Waals surface area (Å²) in [6.07, 6.45) is 1.72. The Morgan fingerprint density at radius 3 is 2.52 bits per heavy atom. The van der Waals surface area contributed by atoms with Crippen molar-refractivity contribution in [2.45, 2.75) is 13.8 Å². The van der Waals surface area contributed by atoms with Gasteiger partial charge in [0, 0.05) is 17.2 Å². The van der Waals surface area contributed by atoms with Crippen LogP contribution < -0.4 is 10.6 Å². The highest BCUT2D eigenvalue weighted by Crippen LogP contribution is 2.30. The van der Waals surface area contributed by atoms with Gasteiger partial charge in [0.25, 0.3) is 0 Å². The molecule has 0 fully saturated rings. The van der Waals surface area contributed by atoms with Crippen LogP contribution in [-0.2, 0) is 0 Å². The van der Waals surface area contributed by atoms with Crippen LogP contribution in [0.15, 0.2) is 22.8 Å². The Morgan fingerprint density at radius 2 is 1.86 bits per heavy atom. The van der Waals surface area contributed by atoms with Crippen molar-refractivity contribution in [3.63, 3.8) is 0 Å². The van der Waals surface area contributed by atoms with Crippen LogP contribution in [0.2, 0.25) is 0 Å². The minimum atomic E-state index is 0.543. The number of nitrogens with one attached hydrogen (secondary N) is 3. The molecular weight excluding hydrogens is 332 g/mol. The summed E-state index contributed by atoms with van der Waals surface area (Å²) in [7, 11) is 1.79. The maximum atomic E-state index is 4.49. The van der Waals surface area contributed by atoms with Crippen LogP contribution in [-0.4, -0.2) is 27.2 Å². The summed E-state index contributed by atoms with van der Waals surface area (Å²) in [5.41, 5.74) is 4.03. The van der Waals surface area contributed by atoms with Crippen molar-refractivity contribution in [2.24, 2.45) is 0 Å². The highest BCUT2D eigenvalue weighted by atomic mass is 79.9. The number of nitrogens with zero attached hydrogens (tertiary/aromatic N) is 3. The molecular formula is C14H15BrN6. The van der Waals surface area contributed by atoms with E-state index in [2.05, 4.69) is 72.7 Å². The minimum absolute atomic E-state index is 0.543. The van der Waals surface area contributed by atoms with Crippen LogP contribution in [0, 0.1) is 13.8 Å². The summed E-state index contributed by atoms with van der Waals surface area (Å²) < 4.78 is 1.06. The molecule has 2 aromatic heterocycles. The normalized spacial score (nSPS) is 10.9. The van der Waals surface area contributed by atoms with Crippen molar-refractivity contribution >= 4 is 44.4 Å². The van der Waals surface area contributed by atoms with Gasteiger partial charge in [-0.3, -0.25) is 5.10 Å². The number of aryl methyl sites for hydroxylation is 2. The van der Waals surface area contributed by atoms with Crippen molar-refractivity contribution in [2.75, 3.05) is 17.7 Å².